The van der Waals surface area contributed by atoms with Crippen LogP contribution < -0.4 is 0 Å². The van der Waals surface area contributed by atoms with Crippen LogP contribution in [0.25, 0.3) is 87.0 Å². The van der Waals surface area contributed by atoms with E-state index in [0.717, 1.165) is 27.6 Å². The Balaban J connectivity index is 1.33. The van der Waals surface area contributed by atoms with E-state index in [9.17, 15) is 0 Å². The van der Waals surface area contributed by atoms with Gasteiger partial charge in [0, 0.05) is 36.9 Å². The third-order valence-corrected chi connectivity index (χ3v) is 9.60. The lowest BCUT2D eigenvalue weighted by Crippen LogP contribution is -2.00. The predicted molar refractivity (Wildman–Crippen MR) is 189 cm³/mol. The lowest BCUT2D eigenvalue weighted by Gasteiger charge is -2.12. The average Bonchev–Trinajstić information content (AvgIpc) is 3.49. The fourth-order valence-electron chi connectivity index (χ4n) is 6.24. The first-order valence-corrected chi connectivity index (χ1v) is 15.8. The van der Waals surface area contributed by atoms with Gasteiger partial charge >= 0.3 is 0 Å². The normalized spacial score (nSPS) is 11.6. The van der Waals surface area contributed by atoms with Crippen molar-refractivity contribution >= 4 is 53.1 Å². The van der Waals surface area contributed by atoms with Gasteiger partial charge in [-0.15, -0.1) is 11.3 Å². The zero-order valence-electron chi connectivity index (χ0n) is 24.2. The molecule has 0 aliphatic heterocycles. The molecule has 0 saturated carbocycles. The standard InChI is InChI=1S/C41H25N3S/c1-2-12-28(13-3-1)39-42-40(32-21-19-27-11-5-7-15-30(27)23-32)44-41(43-39)35-24-33(31-20-18-26-10-4-6-14-29(26)22-31)25-37-38(35)34-16-8-9-17-36(34)45-37/h1-25H. The van der Waals surface area contributed by atoms with Gasteiger partial charge in [-0.1, -0.05) is 121 Å². The molecule has 7 aromatic carbocycles. The Labute approximate surface area is 264 Å². The molecule has 0 saturated heterocycles. The Bertz CT molecular complexity index is 2550. The molecule has 0 aliphatic carbocycles. The fourth-order valence-corrected chi connectivity index (χ4v) is 7.41. The van der Waals surface area contributed by atoms with Gasteiger partial charge < -0.3 is 0 Å². The first-order valence-electron chi connectivity index (χ1n) is 15.0. The highest BCUT2D eigenvalue weighted by atomic mass is 32.1. The van der Waals surface area contributed by atoms with Gasteiger partial charge in [0.2, 0.25) is 0 Å². The molecule has 45 heavy (non-hydrogen) atoms. The summed E-state index contributed by atoms with van der Waals surface area (Å²) < 4.78 is 2.46. The smallest absolute Gasteiger partial charge is 0.164 e. The first-order chi connectivity index (χ1) is 22.3. The van der Waals surface area contributed by atoms with Crippen molar-refractivity contribution in [1.82, 2.24) is 15.0 Å². The minimum Gasteiger partial charge on any atom is -0.208 e. The molecule has 0 aliphatic rings. The Morgan fingerprint density at radius 2 is 0.933 bits per heavy atom. The molecule has 0 N–H and O–H groups in total. The number of hydrogen-bond donors (Lipinski definition) is 0. The molecule has 0 atom stereocenters. The molecular weight excluding hydrogens is 567 g/mol. The molecule has 3 nitrogen and oxygen atoms in total. The summed E-state index contributed by atoms with van der Waals surface area (Å²) in [5.74, 6) is 1.99. The van der Waals surface area contributed by atoms with Crippen molar-refractivity contribution < 1.29 is 0 Å². The minimum absolute atomic E-state index is 0.660. The number of nitrogens with zero attached hydrogens (tertiary/aromatic N) is 3. The van der Waals surface area contributed by atoms with Crippen LogP contribution >= 0.6 is 11.3 Å². The molecule has 9 rings (SSSR count). The molecule has 2 heterocycles. The van der Waals surface area contributed by atoms with Crippen LogP contribution in [-0.4, -0.2) is 15.0 Å². The van der Waals surface area contributed by atoms with Gasteiger partial charge in [0.05, 0.1) is 0 Å². The van der Waals surface area contributed by atoms with E-state index in [0.29, 0.717) is 17.5 Å². The molecule has 9 aromatic rings. The van der Waals surface area contributed by atoms with Gasteiger partial charge in [0.15, 0.2) is 17.5 Å². The second-order valence-corrected chi connectivity index (χ2v) is 12.4. The number of fused-ring (bicyclic) bond motifs is 5. The van der Waals surface area contributed by atoms with Crippen molar-refractivity contribution in [3.8, 4) is 45.3 Å². The zero-order valence-corrected chi connectivity index (χ0v) is 25.0. The number of aromatic nitrogens is 3. The van der Waals surface area contributed by atoms with E-state index in [4.69, 9.17) is 15.0 Å². The maximum Gasteiger partial charge on any atom is 0.164 e. The maximum absolute atomic E-state index is 5.21. The lowest BCUT2D eigenvalue weighted by molar-refractivity contribution is 1.08. The van der Waals surface area contributed by atoms with E-state index in [1.165, 1.54) is 41.9 Å². The van der Waals surface area contributed by atoms with Crippen LogP contribution in [-0.2, 0) is 0 Å². The lowest BCUT2D eigenvalue weighted by atomic mass is 9.96. The summed E-state index contributed by atoms with van der Waals surface area (Å²) in [7, 11) is 0. The summed E-state index contributed by atoms with van der Waals surface area (Å²) >= 11 is 1.81. The summed E-state index contributed by atoms with van der Waals surface area (Å²) in [6.45, 7) is 0. The molecule has 0 spiro atoms. The number of hydrogen-bond acceptors (Lipinski definition) is 4. The topological polar surface area (TPSA) is 38.7 Å². The maximum atomic E-state index is 5.21. The van der Waals surface area contributed by atoms with Gasteiger partial charge in [-0.3, -0.25) is 0 Å². The van der Waals surface area contributed by atoms with Crippen LogP contribution in [0.15, 0.2) is 152 Å². The molecular formula is C41H25N3S. The van der Waals surface area contributed by atoms with E-state index in [-0.39, 0.29) is 0 Å². The molecule has 0 bridgehead atoms. The third-order valence-electron chi connectivity index (χ3n) is 8.48. The van der Waals surface area contributed by atoms with Crippen LogP contribution in [0.2, 0.25) is 0 Å². The summed E-state index contributed by atoms with van der Waals surface area (Å²) in [5.41, 5.74) is 5.24. The quantitative estimate of drug-likeness (QED) is 0.204. The van der Waals surface area contributed by atoms with E-state index >= 15 is 0 Å². The Hall–Kier alpha value is -5.71. The van der Waals surface area contributed by atoms with Crippen molar-refractivity contribution in [3.63, 3.8) is 0 Å². The Kier molecular flexibility index (Phi) is 6.00. The van der Waals surface area contributed by atoms with Gasteiger partial charge in [-0.05, 0) is 63.0 Å². The fraction of sp³-hybridized carbons (Fsp3) is 0. The highest BCUT2D eigenvalue weighted by molar-refractivity contribution is 7.26. The highest BCUT2D eigenvalue weighted by Gasteiger charge is 2.19. The van der Waals surface area contributed by atoms with Gasteiger partial charge in [0.1, 0.15) is 0 Å². The number of thiophene rings is 1. The van der Waals surface area contributed by atoms with Crippen LogP contribution in [0.5, 0.6) is 0 Å². The van der Waals surface area contributed by atoms with Crippen LogP contribution in [0.4, 0.5) is 0 Å². The Morgan fingerprint density at radius 3 is 1.69 bits per heavy atom. The Morgan fingerprint density at radius 1 is 0.356 bits per heavy atom. The van der Waals surface area contributed by atoms with Crippen LogP contribution in [0, 0.1) is 0 Å². The van der Waals surface area contributed by atoms with Crippen molar-refractivity contribution in [3.05, 3.63) is 152 Å². The molecule has 0 fully saturated rings. The summed E-state index contributed by atoms with van der Waals surface area (Å²) in [6, 6.07) is 53.4. The predicted octanol–water partition coefficient (Wildman–Crippen LogP) is 11.2. The monoisotopic (exact) mass is 591 g/mol. The van der Waals surface area contributed by atoms with Crippen molar-refractivity contribution in [2.24, 2.45) is 0 Å². The van der Waals surface area contributed by atoms with E-state index in [1.54, 1.807) is 0 Å². The van der Waals surface area contributed by atoms with E-state index in [2.05, 4.69) is 133 Å². The first kappa shape index (κ1) is 25.8. The molecule has 210 valence electrons. The largest absolute Gasteiger partial charge is 0.208 e. The minimum atomic E-state index is 0.660. The molecule has 4 heteroatoms. The second-order valence-electron chi connectivity index (χ2n) is 11.3. The summed E-state index contributed by atoms with van der Waals surface area (Å²) in [6.07, 6.45) is 0. The molecule has 2 aromatic heterocycles. The summed E-state index contributed by atoms with van der Waals surface area (Å²) in [4.78, 5) is 15.4. The van der Waals surface area contributed by atoms with Crippen molar-refractivity contribution in [1.29, 1.82) is 0 Å². The molecule has 0 unspecified atom stereocenters. The van der Waals surface area contributed by atoms with E-state index < -0.39 is 0 Å². The van der Waals surface area contributed by atoms with Gasteiger partial charge in [-0.2, -0.15) is 0 Å². The summed E-state index contributed by atoms with van der Waals surface area (Å²) in [5, 5.41) is 7.19. The SMILES string of the molecule is c1ccc(-c2nc(-c3ccc4ccccc4c3)nc(-c3cc(-c4ccc5ccccc5c4)cc4sc5ccccc5c34)n2)cc1. The van der Waals surface area contributed by atoms with E-state index in [1.807, 2.05) is 29.5 Å². The second kappa shape index (κ2) is 10.5. The van der Waals surface area contributed by atoms with Crippen molar-refractivity contribution in [2.75, 3.05) is 0 Å². The third kappa shape index (κ3) is 4.55. The average molecular weight is 592 g/mol. The number of benzene rings is 7. The highest BCUT2D eigenvalue weighted by Crippen LogP contribution is 2.43. The van der Waals surface area contributed by atoms with Crippen LogP contribution in [0.3, 0.4) is 0 Å². The van der Waals surface area contributed by atoms with Gasteiger partial charge in [0.25, 0.3) is 0 Å². The molecule has 0 amide bonds. The van der Waals surface area contributed by atoms with Gasteiger partial charge in [-0.25, -0.2) is 15.0 Å². The van der Waals surface area contributed by atoms with Crippen LogP contribution in [0.1, 0.15) is 0 Å². The molecule has 0 radical (unpaired) electrons. The zero-order chi connectivity index (χ0) is 29.7. The number of rotatable bonds is 4. The van der Waals surface area contributed by atoms with Crippen molar-refractivity contribution in [2.45, 2.75) is 0 Å².